The van der Waals surface area contributed by atoms with Gasteiger partial charge >= 0.3 is 0 Å². The Labute approximate surface area is 220 Å². The highest BCUT2D eigenvalue weighted by atomic mass is 35.5. The molecule has 7 heteroatoms. The van der Waals surface area contributed by atoms with Gasteiger partial charge in [0.2, 0.25) is 5.91 Å². The van der Waals surface area contributed by atoms with E-state index in [0.717, 1.165) is 28.9 Å². The maximum atomic E-state index is 13.7. The SMILES string of the molecule is Cc1cc(C)cc(N(CCC(=O)N[C@@H](C)C23CC4CC(CC(C4)C2)C3)S(=O)(=O)c2ccc(Cl)cc2)c1. The Kier molecular flexibility index (Phi) is 6.88. The van der Waals surface area contributed by atoms with Crippen molar-refractivity contribution in [1.82, 2.24) is 5.32 Å². The molecule has 0 unspecified atom stereocenters. The molecule has 194 valence electrons. The van der Waals surface area contributed by atoms with Gasteiger partial charge < -0.3 is 5.32 Å². The second-order valence-electron chi connectivity index (χ2n) is 11.7. The molecule has 0 aliphatic heterocycles. The monoisotopic (exact) mass is 528 g/mol. The third-order valence-corrected chi connectivity index (χ3v) is 10.9. The van der Waals surface area contributed by atoms with Crippen LogP contribution < -0.4 is 9.62 Å². The quantitative estimate of drug-likeness (QED) is 0.439. The summed E-state index contributed by atoms with van der Waals surface area (Å²) in [5.41, 5.74) is 2.74. The van der Waals surface area contributed by atoms with Crippen LogP contribution in [0, 0.1) is 37.0 Å². The number of nitrogens with one attached hydrogen (secondary N) is 1. The first kappa shape index (κ1) is 25.6. The number of carbonyl (C=O) groups is 1. The summed E-state index contributed by atoms with van der Waals surface area (Å²) in [4.78, 5) is 13.3. The number of hydrogen-bond acceptors (Lipinski definition) is 3. The van der Waals surface area contributed by atoms with Crippen molar-refractivity contribution < 1.29 is 13.2 Å². The molecule has 1 atom stereocenters. The van der Waals surface area contributed by atoms with E-state index in [1.807, 2.05) is 32.0 Å². The lowest BCUT2D eigenvalue weighted by Crippen LogP contribution is -2.56. The van der Waals surface area contributed by atoms with Gasteiger partial charge in [-0.05, 0) is 130 Å². The zero-order valence-electron chi connectivity index (χ0n) is 21.5. The van der Waals surface area contributed by atoms with E-state index < -0.39 is 10.0 Å². The van der Waals surface area contributed by atoms with Crippen LogP contribution in [0.15, 0.2) is 47.4 Å². The fourth-order valence-corrected chi connectivity index (χ4v) is 9.17. The molecule has 0 saturated heterocycles. The molecule has 2 aromatic rings. The molecule has 0 radical (unpaired) electrons. The molecule has 0 spiro atoms. The van der Waals surface area contributed by atoms with E-state index in [0.29, 0.717) is 10.7 Å². The van der Waals surface area contributed by atoms with Gasteiger partial charge in [-0.25, -0.2) is 8.42 Å². The van der Waals surface area contributed by atoms with E-state index >= 15 is 0 Å². The van der Waals surface area contributed by atoms with Gasteiger partial charge in [-0.1, -0.05) is 17.7 Å². The van der Waals surface area contributed by atoms with Gasteiger partial charge in [-0.15, -0.1) is 0 Å². The zero-order valence-corrected chi connectivity index (χ0v) is 23.0. The maximum Gasteiger partial charge on any atom is 0.264 e. The summed E-state index contributed by atoms with van der Waals surface area (Å²) in [7, 11) is -3.87. The van der Waals surface area contributed by atoms with Crippen LogP contribution in [-0.4, -0.2) is 26.9 Å². The summed E-state index contributed by atoms with van der Waals surface area (Å²) in [5.74, 6) is 2.37. The molecule has 5 nitrogen and oxygen atoms in total. The zero-order chi connectivity index (χ0) is 25.7. The van der Waals surface area contributed by atoms with Gasteiger partial charge in [-0.3, -0.25) is 9.10 Å². The Hall–Kier alpha value is -2.05. The first-order valence-corrected chi connectivity index (χ1v) is 15.0. The minimum absolute atomic E-state index is 0.0767. The minimum Gasteiger partial charge on any atom is -0.353 e. The molecule has 2 aromatic carbocycles. The third kappa shape index (κ3) is 5.04. The number of halogens is 1. The van der Waals surface area contributed by atoms with Crippen LogP contribution in [0.4, 0.5) is 5.69 Å². The summed E-state index contributed by atoms with van der Waals surface area (Å²) < 4.78 is 28.7. The third-order valence-electron chi connectivity index (χ3n) is 8.82. The van der Waals surface area contributed by atoms with Crippen molar-refractivity contribution in [2.75, 3.05) is 10.8 Å². The summed E-state index contributed by atoms with van der Waals surface area (Å²) in [6, 6.07) is 12.0. The van der Waals surface area contributed by atoms with Crippen molar-refractivity contribution in [3.8, 4) is 0 Å². The highest BCUT2D eigenvalue weighted by Crippen LogP contribution is 2.61. The van der Waals surface area contributed by atoms with Crippen molar-refractivity contribution in [3.63, 3.8) is 0 Å². The second-order valence-corrected chi connectivity index (χ2v) is 14.0. The average Bonchev–Trinajstić information content (AvgIpc) is 2.78. The highest BCUT2D eigenvalue weighted by Gasteiger charge is 2.53. The minimum atomic E-state index is -3.87. The molecular formula is C29H37ClN2O3S. The van der Waals surface area contributed by atoms with Gasteiger partial charge in [0.25, 0.3) is 10.0 Å². The molecule has 1 N–H and O–H groups in total. The fraction of sp³-hybridized carbons (Fsp3) is 0.552. The van der Waals surface area contributed by atoms with Crippen LogP contribution in [0.25, 0.3) is 0 Å². The Bertz CT molecular complexity index is 1190. The Morgan fingerprint density at radius 3 is 2.06 bits per heavy atom. The number of aryl methyl sites for hydroxylation is 2. The Morgan fingerprint density at radius 2 is 1.53 bits per heavy atom. The first-order valence-electron chi connectivity index (χ1n) is 13.2. The lowest BCUT2D eigenvalue weighted by Gasteiger charge is -2.59. The smallest absolute Gasteiger partial charge is 0.264 e. The fourth-order valence-electron chi connectivity index (χ4n) is 7.59. The number of rotatable bonds is 8. The van der Waals surface area contributed by atoms with E-state index in [1.165, 1.54) is 55.0 Å². The van der Waals surface area contributed by atoms with Crippen molar-refractivity contribution in [3.05, 3.63) is 58.6 Å². The van der Waals surface area contributed by atoms with Crippen LogP contribution in [0.5, 0.6) is 0 Å². The normalized spacial score (nSPS) is 27.6. The predicted octanol–water partition coefficient (Wildman–Crippen LogP) is 6.26. The molecule has 0 aromatic heterocycles. The summed E-state index contributed by atoms with van der Waals surface area (Å²) in [6.45, 7) is 6.14. The van der Waals surface area contributed by atoms with E-state index in [9.17, 15) is 13.2 Å². The van der Waals surface area contributed by atoms with E-state index in [4.69, 9.17) is 11.6 Å². The molecule has 6 rings (SSSR count). The first-order chi connectivity index (χ1) is 17.0. The number of amides is 1. The number of nitrogens with zero attached hydrogens (tertiary/aromatic N) is 1. The molecule has 36 heavy (non-hydrogen) atoms. The van der Waals surface area contributed by atoms with Gasteiger partial charge in [0.05, 0.1) is 10.6 Å². The molecule has 4 saturated carbocycles. The lowest BCUT2D eigenvalue weighted by atomic mass is 9.48. The number of sulfonamides is 1. The Balaban J connectivity index is 1.33. The molecule has 0 heterocycles. The van der Waals surface area contributed by atoms with Crippen molar-refractivity contribution >= 4 is 33.2 Å². The van der Waals surface area contributed by atoms with E-state index in [1.54, 1.807) is 12.1 Å². The number of hydrogen-bond donors (Lipinski definition) is 1. The van der Waals surface area contributed by atoms with Crippen LogP contribution >= 0.6 is 11.6 Å². The average molecular weight is 529 g/mol. The van der Waals surface area contributed by atoms with Gasteiger partial charge in [0.1, 0.15) is 0 Å². The molecule has 1 amide bonds. The number of benzene rings is 2. The van der Waals surface area contributed by atoms with Gasteiger partial charge in [0.15, 0.2) is 0 Å². The molecule has 4 aliphatic carbocycles. The van der Waals surface area contributed by atoms with Crippen LogP contribution in [0.2, 0.25) is 5.02 Å². The van der Waals surface area contributed by atoms with Crippen molar-refractivity contribution in [1.29, 1.82) is 0 Å². The molecule has 4 fully saturated rings. The molecule has 4 aliphatic rings. The lowest BCUT2D eigenvalue weighted by molar-refractivity contribution is -0.125. The van der Waals surface area contributed by atoms with Crippen molar-refractivity contribution in [2.45, 2.75) is 76.7 Å². The second kappa shape index (κ2) is 9.68. The number of carbonyl (C=O) groups excluding carboxylic acids is 1. The Morgan fingerprint density at radius 1 is 1.00 bits per heavy atom. The summed E-state index contributed by atoms with van der Waals surface area (Å²) in [5, 5.41) is 3.76. The van der Waals surface area contributed by atoms with Gasteiger partial charge in [0, 0.05) is 24.0 Å². The topological polar surface area (TPSA) is 66.5 Å². The highest BCUT2D eigenvalue weighted by molar-refractivity contribution is 7.92. The standard InChI is InChI=1S/C29H37ClN2O3S/c1-19-10-20(2)12-26(11-19)32(36(34,35)27-6-4-25(30)5-7-27)9-8-28(33)31-21(3)29-16-22-13-23(17-29)15-24(14-22)18-29/h4-7,10-12,21-24H,8-9,13-18H2,1-3H3,(H,31,33)/t21-,22?,23?,24?,29?/m0/s1. The maximum absolute atomic E-state index is 13.7. The van der Waals surface area contributed by atoms with E-state index in [-0.39, 0.29) is 35.2 Å². The summed E-state index contributed by atoms with van der Waals surface area (Å²) in [6.07, 6.45) is 7.88. The van der Waals surface area contributed by atoms with Gasteiger partial charge in [-0.2, -0.15) is 0 Å². The van der Waals surface area contributed by atoms with Crippen molar-refractivity contribution in [2.24, 2.45) is 23.2 Å². The van der Waals surface area contributed by atoms with Crippen LogP contribution in [0.3, 0.4) is 0 Å². The largest absolute Gasteiger partial charge is 0.353 e. The molecular weight excluding hydrogens is 492 g/mol. The number of anilines is 1. The predicted molar refractivity (Wildman–Crippen MR) is 145 cm³/mol. The summed E-state index contributed by atoms with van der Waals surface area (Å²) >= 11 is 6.00. The van der Waals surface area contributed by atoms with Crippen LogP contribution in [0.1, 0.15) is 63.0 Å². The molecule has 4 bridgehead atoms. The van der Waals surface area contributed by atoms with E-state index in [2.05, 4.69) is 12.2 Å². The van der Waals surface area contributed by atoms with Crippen LogP contribution in [-0.2, 0) is 14.8 Å².